The molecule has 0 fully saturated rings. The highest BCUT2D eigenvalue weighted by Gasteiger charge is 2.10. The second kappa shape index (κ2) is 6.87. The fraction of sp³-hybridized carbons (Fsp3) is 0.600. The Morgan fingerprint density at radius 3 is 2.28 bits per heavy atom. The van der Waals surface area contributed by atoms with Gasteiger partial charge >= 0.3 is 5.69 Å². The number of nitrogens with one attached hydrogen (secondary N) is 1. The third-order valence-corrected chi connectivity index (χ3v) is 2.28. The van der Waals surface area contributed by atoms with Gasteiger partial charge in [-0.1, -0.05) is 0 Å². The summed E-state index contributed by atoms with van der Waals surface area (Å²) < 4.78 is 38.2. The molecule has 0 aliphatic carbocycles. The van der Waals surface area contributed by atoms with Gasteiger partial charge in [-0.2, -0.15) is 0 Å². The average molecular weight is 265 g/mol. The standard InChI is InChI=1S/C10H14F3N3O2/c11-1-4-14-8-7-15(5-2-12)10(18)16(6-3-13)9(8)17/h7,14H,1-6H2. The van der Waals surface area contributed by atoms with E-state index in [1.54, 1.807) is 0 Å². The van der Waals surface area contributed by atoms with E-state index in [0.717, 1.165) is 10.8 Å². The summed E-state index contributed by atoms with van der Waals surface area (Å²) in [6.45, 7) is -3.15. The highest BCUT2D eigenvalue weighted by Crippen LogP contribution is 1.97. The Bertz CT molecular complexity index is 498. The van der Waals surface area contributed by atoms with Gasteiger partial charge in [-0.15, -0.1) is 0 Å². The quantitative estimate of drug-likeness (QED) is 0.773. The van der Waals surface area contributed by atoms with Gasteiger partial charge in [0.15, 0.2) is 0 Å². The summed E-state index contributed by atoms with van der Waals surface area (Å²) in [6, 6.07) is 0. The van der Waals surface area contributed by atoms with Crippen molar-refractivity contribution in [2.24, 2.45) is 0 Å². The van der Waals surface area contributed by atoms with Crippen LogP contribution in [0.15, 0.2) is 15.8 Å². The number of hydrogen-bond donors (Lipinski definition) is 1. The monoisotopic (exact) mass is 265 g/mol. The molecule has 18 heavy (non-hydrogen) atoms. The number of aromatic nitrogens is 2. The molecule has 1 aromatic rings. The topological polar surface area (TPSA) is 56.0 Å². The smallest absolute Gasteiger partial charge is 0.331 e. The van der Waals surface area contributed by atoms with Crippen LogP contribution in [0.5, 0.6) is 0 Å². The molecular formula is C10H14F3N3O2. The molecule has 0 aliphatic heterocycles. The van der Waals surface area contributed by atoms with Gasteiger partial charge in [0.1, 0.15) is 25.7 Å². The van der Waals surface area contributed by atoms with Gasteiger partial charge in [0.2, 0.25) is 0 Å². The largest absolute Gasteiger partial charge is 0.377 e. The Balaban J connectivity index is 3.26. The molecule has 1 aromatic heterocycles. The molecule has 8 heteroatoms. The first-order chi connectivity index (χ1) is 8.65. The lowest BCUT2D eigenvalue weighted by Crippen LogP contribution is -2.41. The molecule has 0 radical (unpaired) electrons. The number of aryl methyl sites for hydroxylation is 1. The van der Waals surface area contributed by atoms with Crippen LogP contribution in [0.3, 0.4) is 0 Å². The van der Waals surface area contributed by atoms with Crippen molar-refractivity contribution in [2.75, 3.05) is 31.9 Å². The zero-order valence-electron chi connectivity index (χ0n) is 9.66. The van der Waals surface area contributed by atoms with Crippen molar-refractivity contribution in [1.29, 1.82) is 0 Å². The van der Waals surface area contributed by atoms with Crippen molar-refractivity contribution in [3.05, 3.63) is 27.0 Å². The van der Waals surface area contributed by atoms with E-state index in [-0.39, 0.29) is 18.8 Å². The first-order valence-electron chi connectivity index (χ1n) is 5.41. The normalized spacial score (nSPS) is 10.6. The van der Waals surface area contributed by atoms with Crippen LogP contribution in [0.4, 0.5) is 18.9 Å². The van der Waals surface area contributed by atoms with E-state index in [4.69, 9.17) is 0 Å². The van der Waals surface area contributed by atoms with Crippen LogP contribution < -0.4 is 16.6 Å². The van der Waals surface area contributed by atoms with E-state index in [9.17, 15) is 22.8 Å². The van der Waals surface area contributed by atoms with E-state index in [1.807, 2.05) is 0 Å². The Kier molecular flexibility index (Phi) is 5.47. The molecule has 0 saturated heterocycles. The molecule has 1 rings (SSSR count). The minimum absolute atomic E-state index is 0.0471. The molecule has 1 heterocycles. The second-order valence-corrected chi connectivity index (χ2v) is 3.47. The van der Waals surface area contributed by atoms with E-state index in [0.29, 0.717) is 4.57 Å². The maximum atomic E-state index is 12.3. The zero-order chi connectivity index (χ0) is 13.5. The number of hydrogen-bond acceptors (Lipinski definition) is 3. The van der Waals surface area contributed by atoms with Crippen molar-refractivity contribution in [1.82, 2.24) is 9.13 Å². The van der Waals surface area contributed by atoms with Crippen molar-refractivity contribution >= 4 is 5.69 Å². The minimum Gasteiger partial charge on any atom is -0.377 e. The number of alkyl halides is 3. The summed E-state index contributed by atoms with van der Waals surface area (Å²) in [5.41, 5.74) is -1.56. The summed E-state index contributed by atoms with van der Waals surface area (Å²) in [6.07, 6.45) is 1.12. The van der Waals surface area contributed by atoms with Crippen LogP contribution in [0, 0.1) is 0 Å². The van der Waals surface area contributed by atoms with Crippen molar-refractivity contribution in [2.45, 2.75) is 13.1 Å². The molecule has 0 aliphatic rings. The minimum atomic E-state index is -0.892. The molecule has 0 amide bonds. The lowest BCUT2D eigenvalue weighted by molar-refractivity contribution is 0.403. The van der Waals surface area contributed by atoms with Gasteiger partial charge in [0.25, 0.3) is 5.56 Å². The Morgan fingerprint density at radius 2 is 1.72 bits per heavy atom. The van der Waals surface area contributed by atoms with Crippen LogP contribution in [0.1, 0.15) is 0 Å². The molecule has 5 nitrogen and oxygen atoms in total. The molecular weight excluding hydrogens is 251 g/mol. The molecule has 0 unspecified atom stereocenters. The van der Waals surface area contributed by atoms with Crippen LogP contribution in [0.2, 0.25) is 0 Å². The molecule has 102 valence electrons. The highest BCUT2D eigenvalue weighted by atomic mass is 19.1. The summed E-state index contributed by atoms with van der Waals surface area (Å²) in [7, 11) is 0. The molecule has 0 aromatic carbocycles. The van der Waals surface area contributed by atoms with E-state index < -0.39 is 37.8 Å². The molecule has 0 spiro atoms. The van der Waals surface area contributed by atoms with E-state index in [2.05, 4.69) is 5.32 Å². The molecule has 0 bridgehead atoms. The maximum Gasteiger partial charge on any atom is 0.331 e. The number of nitrogens with zero attached hydrogens (tertiary/aromatic N) is 2. The predicted molar refractivity (Wildman–Crippen MR) is 61.4 cm³/mol. The first kappa shape index (κ1) is 14.3. The molecule has 0 saturated carbocycles. The van der Waals surface area contributed by atoms with Crippen molar-refractivity contribution in [3.63, 3.8) is 0 Å². The third kappa shape index (κ3) is 3.14. The Morgan fingerprint density at radius 1 is 1.06 bits per heavy atom. The summed E-state index contributed by atoms with van der Waals surface area (Å²) in [4.78, 5) is 23.4. The van der Waals surface area contributed by atoms with E-state index in [1.165, 1.54) is 0 Å². The SMILES string of the molecule is O=c1c(NCCF)cn(CCF)c(=O)n1CCF. The van der Waals surface area contributed by atoms with Crippen molar-refractivity contribution < 1.29 is 13.2 Å². The summed E-state index contributed by atoms with van der Waals surface area (Å²) in [5.74, 6) is 0. The van der Waals surface area contributed by atoms with Gasteiger partial charge in [-0.25, -0.2) is 18.0 Å². The van der Waals surface area contributed by atoms with Crippen LogP contribution in [0.25, 0.3) is 0 Å². The fourth-order valence-electron chi connectivity index (χ4n) is 1.49. The number of anilines is 1. The highest BCUT2D eigenvalue weighted by molar-refractivity contribution is 5.38. The fourth-order valence-corrected chi connectivity index (χ4v) is 1.49. The predicted octanol–water partition coefficient (Wildman–Crippen LogP) is 0.330. The lowest BCUT2D eigenvalue weighted by Gasteiger charge is -2.11. The number of rotatable bonds is 7. The lowest BCUT2D eigenvalue weighted by atomic mass is 10.4. The van der Waals surface area contributed by atoms with Gasteiger partial charge < -0.3 is 5.32 Å². The van der Waals surface area contributed by atoms with Crippen LogP contribution in [-0.4, -0.2) is 35.7 Å². The summed E-state index contributed by atoms with van der Waals surface area (Å²) >= 11 is 0. The number of halogens is 3. The Hall–Kier alpha value is -1.73. The van der Waals surface area contributed by atoms with Gasteiger partial charge in [0, 0.05) is 12.7 Å². The Labute approximate surface area is 101 Å². The summed E-state index contributed by atoms with van der Waals surface area (Å²) in [5, 5.41) is 2.47. The van der Waals surface area contributed by atoms with Gasteiger partial charge in [0.05, 0.1) is 13.1 Å². The van der Waals surface area contributed by atoms with Crippen LogP contribution >= 0.6 is 0 Å². The van der Waals surface area contributed by atoms with E-state index >= 15 is 0 Å². The molecule has 1 N–H and O–H groups in total. The third-order valence-electron chi connectivity index (χ3n) is 2.28. The van der Waals surface area contributed by atoms with Gasteiger partial charge in [-0.05, 0) is 0 Å². The van der Waals surface area contributed by atoms with Crippen LogP contribution in [-0.2, 0) is 13.1 Å². The van der Waals surface area contributed by atoms with Gasteiger partial charge in [-0.3, -0.25) is 13.9 Å². The molecule has 0 atom stereocenters. The first-order valence-corrected chi connectivity index (χ1v) is 5.41. The average Bonchev–Trinajstić information content (AvgIpc) is 2.36. The van der Waals surface area contributed by atoms with Crippen molar-refractivity contribution in [3.8, 4) is 0 Å². The zero-order valence-corrected chi connectivity index (χ0v) is 9.66. The maximum absolute atomic E-state index is 12.3. The second-order valence-electron chi connectivity index (χ2n) is 3.47.